The van der Waals surface area contributed by atoms with Crippen LogP contribution in [0.15, 0.2) is 194 Å². The molecule has 0 bridgehead atoms. The molecule has 0 fully saturated rings. The Kier molecular flexibility index (Phi) is 11.2. The topological polar surface area (TPSA) is 9.72 Å². The van der Waals surface area contributed by atoms with Crippen molar-refractivity contribution in [1.82, 2.24) is 0 Å². The molecule has 9 aromatic carbocycles. The lowest BCUT2D eigenvalue weighted by molar-refractivity contribution is 0.590. The van der Waals surface area contributed by atoms with E-state index >= 15 is 0 Å². The standard InChI is InChI=1S/C68H68BN3/c1-65(2,3)47-29-35-51(36-30-47)70-60-39-33-49(67(7,8)9)41-56(60)69-57-42-50(68(10,11)12)34-40-61(57)71(52-37-31-48(32-38-52)66(4,5)6)63-44-53(43-62(70)64(63)69)72(59-28-20-24-46-23-16-17-25-55(46)59)58-27-19-18-26-54(58)45-21-14-13-15-22-45/h13-44H,1-12H3. The normalized spacial score (nSPS) is 13.5. The van der Waals surface area contributed by atoms with Gasteiger partial charge in [-0.15, -0.1) is 0 Å². The minimum Gasteiger partial charge on any atom is -0.311 e. The summed E-state index contributed by atoms with van der Waals surface area (Å²) in [5, 5.41) is 2.39. The first-order valence-electron chi connectivity index (χ1n) is 26.0. The zero-order valence-electron chi connectivity index (χ0n) is 44.4. The summed E-state index contributed by atoms with van der Waals surface area (Å²) in [6.07, 6.45) is 0. The van der Waals surface area contributed by atoms with Gasteiger partial charge in [0.05, 0.1) is 17.1 Å². The van der Waals surface area contributed by atoms with Crippen molar-refractivity contribution < 1.29 is 0 Å². The lowest BCUT2D eigenvalue weighted by Crippen LogP contribution is -2.61. The summed E-state index contributed by atoms with van der Waals surface area (Å²) in [5.41, 5.74) is 21.9. The van der Waals surface area contributed by atoms with E-state index in [0.29, 0.717) is 0 Å². The Bertz CT molecular complexity index is 3350. The molecule has 0 aromatic heterocycles. The molecule has 2 aliphatic rings. The molecule has 0 spiro atoms. The largest absolute Gasteiger partial charge is 0.311 e. The summed E-state index contributed by atoms with van der Waals surface area (Å²) in [7, 11) is 0. The van der Waals surface area contributed by atoms with E-state index < -0.39 is 0 Å². The Hall–Kier alpha value is -7.30. The molecule has 2 aliphatic heterocycles. The molecule has 0 saturated carbocycles. The van der Waals surface area contributed by atoms with Gasteiger partial charge in [-0.3, -0.25) is 0 Å². The molecule has 0 N–H and O–H groups in total. The van der Waals surface area contributed by atoms with Gasteiger partial charge < -0.3 is 14.7 Å². The maximum absolute atomic E-state index is 2.58. The third-order valence-corrected chi connectivity index (χ3v) is 15.3. The van der Waals surface area contributed by atoms with E-state index in [1.54, 1.807) is 0 Å². The fraction of sp³-hybridized carbons (Fsp3) is 0.235. The third kappa shape index (κ3) is 8.19. The molecule has 4 heteroatoms. The maximum Gasteiger partial charge on any atom is 0.252 e. The van der Waals surface area contributed by atoms with Gasteiger partial charge >= 0.3 is 0 Å². The van der Waals surface area contributed by atoms with Gasteiger partial charge in [-0.25, -0.2) is 0 Å². The maximum atomic E-state index is 2.58. The van der Waals surface area contributed by atoms with Crippen LogP contribution in [0.25, 0.3) is 21.9 Å². The van der Waals surface area contributed by atoms with Crippen LogP contribution in [0.3, 0.4) is 0 Å². The Morgan fingerprint density at radius 3 is 1.31 bits per heavy atom. The molecule has 11 rings (SSSR count). The van der Waals surface area contributed by atoms with Crippen LogP contribution in [0.5, 0.6) is 0 Å². The summed E-state index contributed by atoms with van der Waals surface area (Å²) in [6.45, 7) is 27.8. The number of rotatable bonds is 6. The van der Waals surface area contributed by atoms with Crippen molar-refractivity contribution in [2.45, 2.75) is 105 Å². The van der Waals surface area contributed by atoms with E-state index in [1.807, 2.05) is 0 Å². The first kappa shape index (κ1) is 47.1. The van der Waals surface area contributed by atoms with E-state index in [-0.39, 0.29) is 28.4 Å². The number of nitrogens with zero attached hydrogens (tertiary/aromatic N) is 3. The van der Waals surface area contributed by atoms with Crippen LogP contribution < -0.4 is 31.1 Å². The van der Waals surface area contributed by atoms with Crippen molar-refractivity contribution in [1.29, 1.82) is 0 Å². The highest BCUT2D eigenvalue weighted by Crippen LogP contribution is 2.51. The molecule has 0 atom stereocenters. The average Bonchev–Trinajstić information content (AvgIpc) is 3.35. The molecule has 0 radical (unpaired) electrons. The van der Waals surface area contributed by atoms with Crippen LogP contribution in [-0.2, 0) is 21.7 Å². The summed E-state index contributed by atoms with van der Waals surface area (Å²) in [4.78, 5) is 7.70. The SMILES string of the molecule is CC(C)(C)c1ccc(N2c3ccc(C(C)(C)C)cc3B3c4cc(C(C)(C)C)ccc4N(c4ccc(C(C)(C)C)cc4)c4cc(N(c5ccccc5-c5ccccc5)c5cccc6ccccc56)cc2c43)cc1. The first-order valence-corrected chi connectivity index (χ1v) is 26.0. The van der Waals surface area contributed by atoms with Crippen molar-refractivity contribution in [2.75, 3.05) is 14.7 Å². The minimum absolute atomic E-state index is 0.00668. The summed E-state index contributed by atoms with van der Waals surface area (Å²) < 4.78 is 0. The molecule has 3 nitrogen and oxygen atoms in total. The van der Waals surface area contributed by atoms with Crippen molar-refractivity contribution in [2.24, 2.45) is 0 Å². The van der Waals surface area contributed by atoms with Crippen LogP contribution in [-0.4, -0.2) is 6.71 Å². The Balaban J connectivity index is 1.30. The molecule has 0 amide bonds. The molecule has 0 unspecified atom stereocenters. The van der Waals surface area contributed by atoms with Gasteiger partial charge in [-0.05, 0) is 132 Å². The second kappa shape index (κ2) is 17.2. The van der Waals surface area contributed by atoms with E-state index in [4.69, 9.17) is 0 Å². The highest BCUT2D eigenvalue weighted by atomic mass is 15.2. The lowest BCUT2D eigenvalue weighted by atomic mass is 9.33. The predicted molar refractivity (Wildman–Crippen MR) is 313 cm³/mol. The van der Waals surface area contributed by atoms with Crippen molar-refractivity contribution >= 4 is 85.1 Å². The van der Waals surface area contributed by atoms with E-state index in [1.165, 1.54) is 83.3 Å². The number of hydrogen-bond donors (Lipinski definition) is 0. The van der Waals surface area contributed by atoms with E-state index in [0.717, 1.165) is 28.4 Å². The first-order chi connectivity index (χ1) is 34.3. The lowest BCUT2D eigenvalue weighted by Gasteiger charge is -2.45. The Morgan fingerprint density at radius 1 is 0.361 bits per heavy atom. The zero-order chi connectivity index (χ0) is 50.5. The highest BCUT2D eigenvalue weighted by molar-refractivity contribution is 7.00. The van der Waals surface area contributed by atoms with Crippen molar-refractivity contribution in [3.63, 3.8) is 0 Å². The molecule has 358 valence electrons. The second-order valence-corrected chi connectivity index (χ2v) is 24.4. The summed E-state index contributed by atoms with van der Waals surface area (Å²) >= 11 is 0. The highest BCUT2D eigenvalue weighted by Gasteiger charge is 2.45. The molecular weight excluding hydrogens is 870 g/mol. The number of para-hydroxylation sites is 1. The van der Waals surface area contributed by atoms with Crippen LogP contribution >= 0.6 is 0 Å². The van der Waals surface area contributed by atoms with Crippen LogP contribution in [0.4, 0.5) is 51.2 Å². The molecule has 0 aliphatic carbocycles. The quantitative estimate of drug-likeness (QED) is 0.154. The number of anilines is 9. The van der Waals surface area contributed by atoms with E-state index in [9.17, 15) is 0 Å². The molecule has 2 heterocycles. The second-order valence-electron chi connectivity index (χ2n) is 24.4. The summed E-state index contributed by atoms with van der Waals surface area (Å²) in [6, 6.07) is 73.9. The molecule has 0 saturated heterocycles. The van der Waals surface area contributed by atoms with Crippen LogP contribution in [0.2, 0.25) is 0 Å². The number of hydrogen-bond acceptors (Lipinski definition) is 3. The van der Waals surface area contributed by atoms with Crippen LogP contribution in [0.1, 0.15) is 105 Å². The smallest absolute Gasteiger partial charge is 0.252 e. The number of benzene rings is 9. The summed E-state index contributed by atoms with van der Waals surface area (Å²) in [5.74, 6) is 0. The average molecular weight is 938 g/mol. The van der Waals surface area contributed by atoms with Gasteiger partial charge in [0.15, 0.2) is 0 Å². The fourth-order valence-electron chi connectivity index (χ4n) is 11.2. The van der Waals surface area contributed by atoms with Gasteiger partial charge in [0.25, 0.3) is 6.71 Å². The van der Waals surface area contributed by atoms with Gasteiger partial charge in [-0.2, -0.15) is 0 Å². The van der Waals surface area contributed by atoms with Crippen molar-refractivity contribution in [3.8, 4) is 11.1 Å². The van der Waals surface area contributed by atoms with Crippen LogP contribution in [0, 0.1) is 0 Å². The third-order valence-electron chi connectivity index (χ3n) is 15.3. The minimum atomic E-state index is -0.0577. The van der Waals surface area contributed by atoms with Gasteiger partial charge in [0, 0.05) is 45.1 Å². The van der Waals surface area contributed by atoms with Gasteiger partial charge in [0.2, 0.25) is 0 Å². The zero-order valence-corrected chi connectivity index (χ0v) is 44.4. The Labute approximate surface area is 429 Å². The molecular formula is C68H68BN3. The van der Waals surface area contributed by atoms with Gasteiger partial charge in [-0.1, -0.05) is 217 Å². The molecule has 9 aromatic rings. The monoisotopic (exact) mass is 938 g/mol. The van der Waals surface area contributed by atoms with Gasteiger partial charge in [0.1, 0.15) is 0 Å². The fourth-order valence-corrected chi connectivity index (χ4v) is 11.2. The predicted octanol–water partition coefficient (Wildman–Crippen LogP) is 17.2. The van der Waals surface area contributed by atoms with E-state index in [2.05, 4.69) is 292 Å². The Morgan fingerprint density at radius 2 is 0.792 bits per heavy atom. The number of fused-ring (bicyclic) bond motifs is 5. The molecule has 72 heavy (non-hydrogen) atoms. The van der Waals surface area contributed by atoms with Crippen molar-refractivity contribution in [3.05, 3.63) is 216 Å².